The van der Waals surface area contributed by atoms with Gasteiger partial charge in [-0.3, -0.25) is 4.79 Å². The molecule has 1 aliphatic rings. The van der Waals surface area contributed by atoms with Gasteiger partial charge in [0.15, 0.2) is 11.4 Å². The van der Waals surface area contributed by atoms with E-state index in [9.17, 15) is 4.79 Å². The Morgan fingerprint density at radius 1 is 1.05 bits per heavy atom. The first-order valence-electron chi connectivity index (χ1n) is 13.6. The quantitative estimate of drug-likeness (QED) is 0.273. The fourth-order valence-electron chi connectivity index (χ4n) is 4.31. The van der Waals surface area contributed by atoms with E-state index in [0.717, 1.165) is 49.2 Å². The Morgan fingerprint density at radius 2 is 1.73 bits per heavy atom. The number of hydrogen-bond acceptors (Lipinski definition) is 10. The molecule has 1 aliphatic heterocycles. The number of carbonyl (C=O) groups is 1. The van der Waals surface area contributed by atoms with Crippen molar-refractivity contribution in [3.8, 4) is 23.5 Å². The fraction of sp³-hybridized carbons (Fsp3) is 0.483. The van der Waals surface area contributed by atoms with Gasteiger partial charge in [-0.15, -0.1) is 0 Å². The Kier molecular flexibility index (Phi) is 10.1. The third kappa shape index (κ3) is 8.11. The van der Waals surface area contributed by atoms with Crippen LogP contribution in [0.25, 0.3) is 0 Å². The molecule has 1 aromatic carbocycles. The fourth-order valence-corrected chi connectivity index (χ4v) is 4.63. The summed E-state index contributed by atoms with van der Waals surface area (Å²) in [5, 5.41) is 5.97. The molecule has 222 valence electrons. The molecule has 0 unspecified atom stereocenters. The molecule has 0 saturated carbocycles. The average Bonchev–Trinajstić information content (AvgIpc) is 3.41. The molecule has 12 heteroatoms. The number of benzene rings is 1. The lowest BCUT2D eigenvalue weighted by Crippen LogP contribution is -2.44. The summed E-state index contributed by atoms with van der Waals surface area (Å²) in [6.07, 6.45) is 0.941. The van der Waals surface area contributed by atoms with Crippen LogP contribution in [0.2, 0.25) is 0 Å². The van der Waals surface area contributed by atoms with Gasteiger partial charge in [0, 0.05) is 38.8 Å². The molecule has 0 spiro atoms. The lowest BCUT2D eigenvalue weighted by molar-refractivity contribution is 0.0990. The Labute approximate surface area is 249 Å². The summed E-state index contributed by atoms with van der Waals surface area (Å²) >= 11 is 3.52. The number of furan rings is 1. The first-order chi connectivity index (χ1) is 19.6. The van der Waals surface area contributed by atoms with Crippen molar-refractivity contribution in [1.29, 1.82) is 0 Å². The molecular weight excluding hydrogens is 592 g/mol. The maximum Gasteiger partial charge on any atom is 0.291 e. The van der Waals surface area contributed by atoms with Gasteiger partial charge in [0.25, 0.3) is 11.9 Å². The van der Waals surface area contributed by atoms with E-state index in [0.29, 0.717) is 18.2 Å². The third-order valence-corrected chi connectivity index (χ3v) is 7.47. The Bertz CT molecular complexity index is 1310. The predicted molar refractivity (Wildman–Crippen MR) is 162 cm³/mol. The highest BCUT2D eigenvalue weighted by Crippen LogP contribution is 2.36. The summed E-state index contributed by atoms with van der Waals surface area (Å²) in [5.74, 6) is 0.950. The van der Waals surface area contributed by atoms with Crippen LogP contribution in [-0.2, 0) is 5.41 Å². The third-order valence-electron chi connectivity index (χ3n) is 6.81. The number of likely N-dealkylation sites (N-methyl/N-ethyl adjacent to an activating group) is 1. The van der Waals surface area contributed by atoms with Crippen LogP contribution in [0.15, 0.2) is 39.2 Å². The number of amides is 1. The van der Waals surface area contributed by atoms with Crippen molar-refractivity contribution in [1.82, 2.24) is 19.8 Å². The van der Waals surface area contributed by atoms with Gasteiger partial charge in [-0.25, -0.2) is 0 Å². The minimum atomic E-state index is -0.532. The Morgan fingerprint density at radius 3 is 2.37 bits per heavy atom. The van der Waals surface area contributed by atoms with Gasteiger partial charge in [-0.1, -0.05) is 26.8 Å². The molecule has 11 nitrogen and oxygen atoms in total. The summed E-state index contributed by atoms with van der Waals surface area (Å²) in [6.45, 7) is 12.4. The number of rotatable bonds is 11. The van der Waals surface area contributed by atoms with Gasteiger partial charge in [0.1, 0.15) is 5.75 Å². The van der Waals surface area contributed by atoms with E-state index < -0.39 is 5.91 Å². The normalized spacial score (nSPS) is 14.5. The van der Waals surface area contributed by atoms with E-state index in [-0.39, 0.29) is 34.6 Å². The number of piperazine rings is 1. The van der Waals surface area contributed by atoms with Crippen molar-refractivity contribution in [2.24, 2.45) is 0 Å². The van der Waals surface area contributed by atoms with Gasteiger partial charge in [0.05, 0.1) is 18.7 Å². The predicted octanol–water partition coefficient (Wildman–Crippen LogP) is 5.24. The van der Waals surface area contributed by atoms with E-state index in [1.165, 1.54) is 20.3 Å². The number of hydrogen-bond donors (Lipinski definition) is 2. The zero-order valence-electron chi connectivity index (χ0n) is 24.5. The largest absolute Gasteiger partial charge is 0.479 e. The number of nitrogens with zero attached hydrogens (tertiary/aromatic N) is 4. The SMILES string of the molecule is COc1nc(NCCCN2CCN(C)CC2)nc(OC)c1NC(=O)c1ccc(Oc2cc(C(C)(C)C)ccc2Br)o1. The van der Waals surface area contributed by atoms with Crippen molar-refractivity contribution >= 4 is 33.5 Å². The topological polar surface area (TPSA) is 114 Å². The second kappa shape index (κ2) is 13.5. The molecule has 1 amide bonds. The molecule has 3 heterocycles. The van der Waals surface area contributed by atoms with Crippen LogP contribution >= 0.6 is 15.9 Å². The van der Waals surface area contributed by atoms with E-state index in [4.69, 9.17) is 18.6 Å². The zero-order valence-corrected chi connectivity index (χ0v) is 26.1. The molecule has 0 aliphatic carbocycles. The molecule has 41 heavy (non-hydrogen) atoms. The summed E-state index contributed by atoms with van der Waals surface area (Å²) < 4.78 is 23.3. The number of halogens is 1. The first kappa shape index (κ1) is 30.6. The smallest absolute Gasteiger partial charge is 0.291 e. The molecule has 2 aromatic heterocycles. The van der Waals surface area contributed by atoms with Crippen LogP contribution < -0.4 is 24.8 Å². The van der Waals surface area contributed by atoms with Crippen LogP contribution in [0.3, 0.4) is 0 Å². The summed E-state index contributed by atoms with van der Waals surface area (Å²) in [5.41, 5.74) is 1.25. The molecular formula is C29H39BrN6O5. The molecule has 0 bridgehead atoms. The second-order valence-electron chi connectivity index (χ2n) is 10.9. The highest BCUT2D eigenvalue weighted by molar-refractivity contribution is 9.10. The average molecular weight is 632 g/mol. The van der Waals surface area contributed by atoms with Gasteiger partial charge >= 0.3 is 0 Å². The molecule has 3 aromatic rings. The Balaban J connectivity index is 1.39. The van der Waals surface area contributed by atoms with Gasteiger partial charge in [-0.2, -0.15) is 9.97 Å². The highest BCUT2D eigenvalue weighted by atomic mass is 79.9. The summed E-state index contributed by atoms with van der Waals surface area (Å²) in [4.78, 5) is 26.7. The second-order valence-corrected chi connectivity index (χ2v) is 11.8. The van der Waals surface area contributed by atoms with E-state index in [2.05, 4.69) is 74.2 Å². The standard InChI is InChI=1S/C29H39BrN6O5/c1-29(2,3)19-8-9-20(30)22(18-19)41-23-11-10-21(40-23)25(37)32-24-26(38-5)33-28(34-27(24)39-6)31-12-7-13-36-16-14-35(4)15-17-36/h8-11,18H,7,12-17H2,1-6H3,(H,32,37)(H,31,33,34). The summed E-state index contributed by atoms with van der Waals surface area (Å²) in [7, 11) is 5.09. The number of ether oxygens (including phenoxy) is 3. The van der Waals surface area contributed by atoms with Crippen LogP contribution in [0, 0.1) is 0 Å². The van der Waals surface area contributed by atoms with E-state index >= 15 is 0 Å². The number of anilines is 2. The highest BCUT2D eigenvalue weighted by Gasteiger charge is 2.22. The lowest BCUT2D eigenvalue weighted by atomic mass is 9.87. The van der Waals surface area contributed by atoms with Gasteiger partial charge in [0.2, 0.25) is 17.7 Å². The molecule has 1 fully saturated rings. The molecule has 0 radical (unpaired) electrons. The molecule has 2 N–H and O–H groups in total. The van der Waals surface area contributed by atoms with Crippen LogP contribution in [0.4, 0.5) is 11.6 Å². The number of nitrogens with one attached hydrogen (secondary N) is 2. The maximum atomic E-state index is 13.1. The zero-order chi connectivity index (χ0) is 29.6. The van der Waals surface area contributed by atoms with Crippen LogP contribution in [0.1, 0.15) is 43.3 Å². The van der Waals surface area contributed by atoms with Crippen molar-refractivity contribution in [3.63, 3.8) is 0 Å². The van der Waals surface area contributed by atoms with Crippen LogP contribution in [-0.4, -0.2) is 86.2 Å². The number of methoxy groups -OCH3 is 2. The number of aromatic nitrogens is 2. The number of carbonyl (C=O) groups excluding carboxylic acids is 1. The van der Waals surface area contributed by atoms with E-state index in [1.807, 2.05) is 18.2 Å². The lowest BCUT2D eigenvalue weighted by Gasteiger charge is -2.32. The maximum absolute atomic E-state index is 13.1. The van der Waals surface area contributed by atoms with Crippen LogP contribution in [0.5, 0.6) is 23.5 Å². The Hall–Kier alpha value is -3.35. The van der Waals surface area contributed by atoms with Crippen molar-refractivity contribution in [3.05, 3.63) is 46.1 Å². The van der Waals surface area contributed by atoms with Crippen molar-refractivity contribution in [2.45, 2.75) is 32.6 Å². The molecule has 0 atom stereocenters. The minimum absolute atomic E-state index is 0.0401. The minimum Gasteiger partial charge on any atom is -0.479 e. The van der Waals surface area contributed by atoms with Gasteiger partial charge < -0.3 is 39.1 Å². The summed E-state index contributed by atoms with van der Waals surface area (Å²) in [6, 6.07) is 9.03. The van der Waals surface area contributed by atoms with E-state index in [1.54, 1.807) is 6.07 Å². The van der Waals surface area contributed by atoms with Crippen molar-refractivity contribution in [2.75, 3.05) is 71.2 Å². The van der Waals surface area contributed by atoms with Gasteiger partial charge in [-0.05, 0) is 65.1 Å². The molecule has 1 saturated heterocycles. The molecule has 4 rings (SSSR count). The monoisotopic (exact) mass is 630 g/mol. The first-order valence-corrected chi connectivity index (χ1v) is 14.4. The van der Waals surface area contributed by atoms with Crippen molar-refractivity contribution < 1.29 is 23.4 Å².